The van der Waals surface area contributed by atoms with Gasteiger partial charge in [0.05, 0.1) is 0 Å². The predicted molar refractivity (Wildman–Crippen MR) is 101 cm³/mol. The molecular formula is C19H30N4O2. The normalized spacial score (nSPS) is 20.5. The van der Waals surface area contributed by atoms with Crippen LogP contribution >= 0.6 is 0 Å². The molecule has 1 heterocycles. The number of amides is 3. The minimum atomic E-state index is -0.326. The van der Waals surface area contributed by atoms with Gasteiger partial charge in [-0.25, -0.2) is 4.79 Å². The summed E-state index contributed by atoms with van der Waals surface area (Å²) in [6.07, 6.45) is 0.938. The van der Waals surface area contributed by atoms with Crippen LogP contribution in [0.25, 0.3) is 0 Å². The van der Waals surface area contributed by atoms with Crippen molar-refractivity contribution < 1.29 is 9.59 Å². The predicted octanol–water partition coefficient (Wildman–Crippen LogP) is 2.72. The molecule has 1 aromatic rings. The Labute approximate surface area is 150 Å². The Morgan fingerprint density at radius 3 is 2.56 bits per heavy atom. The van der Waals surface area contributed by atoms with Gasteiger partial charge in [-0.2, -0.15) is 0 Å². The zero-order chi connectivity index (χ0) is 18.8. The van der Waals surface area contributed by atoms with Gasteiger partial charge in [0, 0.05) is 29.4 Å². The first-order valence-corrected chi connectivity index (χ1v) is 8.81. The van der Waals surface area contributed by atoms with Crippen molar-refractivity contribution >= 4 is 17.6 Å². The SMILES string of the molecule is Cc1ccc(C(=O)N2CC(CN)CC2C)cc1NC(=O)NC(C)(C)C. The Bertz CT molecular complexity index is 651. The topological polar surface area (TPSA) is 87.5 Å². The maximum absolute atomic E-state index is 12.9. The van der Waals surface area contributed by atoms with Crippen LogP contribution in [0, 0.1) is 12.8 Å². The standard InChI is InChI=1S/C19H30N4O2/c1-12-6-7-15(9-16(12)21-18(25)22-19(3,4)5)17(24)23-11-14(10-20)8-13(23)2/h6-7,9,13-14H,8,10-11,20H2,1-5H3,(H2,21,22,25). The molecule has 1 aliphatic rings. The molecule has 0 spiro atoms. The number of hydrogen-bond acceptors (Lipinski definition) is 3. The number of likely N-dealkylation sites (tertiary alicyclic amines) is 1. The molecular weight excluding hydrogens is 316 g/mol. The van der Waals surface area contributed by atoms with Crippen molar-refractivity contribution in [1.29, 1.82) is 0 Å². The van der Waals surface area contributed by atoms with E-state index >= 15 is 0 Å². The number of nitrogens with zero attached hydrogens (tertiary/aromatic N) is 1. The summed E-state index contributed by atoms with van der Waals surface area (Å²) in [5.41, 5.74) is 7.57. The van der Waals surface area contributed by atoms with Gasteiger partial charge < -0.3 is 21.3 Å². The van der Waals surface area contributed by atoms with Gasteiger partial charge in [-0.1, -0.05) is 6.07 Å². The molecule has 0 aliphatic carbocycles. The van der Waals surface area contributed by atoms with Crippen LogP contribution in [-0.4, -0.2) is 41.5 Å². The molecule has 6 heteroatoms. The van der Waals surface area contributed by atoms with E-state index in [-0.39, 0.29) is 23.5 Å². The van der Waals surface area contributed by atoms with Crippen molar-refractivity contribution in [2.75, 3.05) is 18.4 Å². The van der Waals surface area contributed by atoms with Crippen LogP contribution in [0.4, 0.5) is 10.5 Å². The first kappa shape index (κ1) is 19.2. The minimum absolute atomic E-state index is 0.0114. The second-order valence-electron chi connectivity index (χ2n) is 8.00. The molecule has 138 valence electrons. The zero-order valence-corrected chi connectivity index (χ0v) is 15.8. The number of hydrogen-bond donors (Lipinski definition) is 3. The van der Waals surface area contributed by atoms with Gasteiger partial charge in [-0.15, -0.1) is 0 Å². The van der Waals surface area contributed by atoms with E-state index in [2.05, 4.69) is 17.6 Å². The Kier molecular flexibility index (Phi) is 5.72. The molecule has 6 nitrogen and oxygen atoms in total. The lowest BCUT2D eigenvalue weighted by Gasteiger charge is -2.23. The Morgan fingerprint density at radius 2 is 2.00 bits per heavy atom. The fourth-order valence-corrected chi connectivity index (χ4v) is 3.15. The van der Waals surface area contributed by atoms with Crippen molar-refractivity contribution in [2.24, 2.45) is 11.7 Å². The van der Waals surface area contributed by atoms with Crippen LogP contribution in [0.1, 0.15) is 50.0 Å². The van der Waals surface area contributed by atoms with Crippen molar-refractivity contribution in [3.63, 3.8) is 0 Å². The number of rotatable bonds is 3. The van der Waals surface area contributed by atoms with Gasteiger partial charge in [-0.05, 0) is 71.2 Å². The molecule has 3 amide bonds. The van der Waals surface area contributed by atoms with Gasteiger partial charge in [0.2, 0.25) is 0 Å². The van der Waals surface area contributed by atoms with E-state index in [1.54, 1.807) is 6.07 Å². The van der Waals surface area contributed by atoms with Crippen molar-refractivity contribution in [1.82, 2.24) is 10.2 Å². The highest BCUT2D eigenvalue weighted by Gasteiger charge is 2.32. The van der Waals surface area contributed by atoms with Crippen LogP contribution in [0.5, 0.6) is 0 Å². The molecule has 1 aromatic carbocycles. The highest BCUT2D eigenvalue weighted by atomic mass is 16.2. The van der Waals surface area contributed by atoms with E-state index in [9.17, 15) is 9.59 Å². The van der Waals surface area contributed by atoms with Crippen LogP contribution < -0.4 is 16.4 Å². The van der Waals surface area contributed by atoms with E-state index in [0.29, 0.717) is 30.3 Å². The third kappa shape index (κ3) is 4.95. The van der Waals surface area contributed by atoms with Crippen LogP contribution in [0.2, 0.25) is 0 Å². The van der Waals surface area contributed by atoms with Crippen LogP contribution in [-0.2, 0) is 0 Å². The summed E-state index contributed by atoms with van der Waals surface area (Å²) in [5, 5.41) is 5.70. The molecule has 0 radical (unpaired) electrons. The third-order valence-corrected chi connectivity index (χ3v) is 4.48. The largest absolute Gasteiger partial charge is 0.336 e. The molecule has 4 N–H and O–H groups in total. The lowest BCUT2D eigenvalue weighted by atomic mass is 10.1. The summed E-state index contributed by atoms with van der Waals surface area (Å²) in [6.45, 7) is 11.0. The number of carbonyl (C=O) groups is 2. The lowest BCUT2D eigenvalue weighted by molar-refractivity contribution is 0.0743. The van der Waals surface area contributed by atoms with Crippen molar-refractivity contribution in [3.8, 4) is 0 Å². The molecule has 2 unspecified atom stereocenters. The van der Waals surface area contributed by atoms with E-state index in [1.165, 1.54) is 0 Å². The van der Waals surface area contributed by atoms with Crippen LogP contribution in [0.15, 0.2) is 18.2 Å². The van der Waals surface area contributed by atoms with E-state index in [4.69, 9.17) is 5.73 Å². The minimum Gasteiger partial charge on any atom is -0.336 e. The molecule has 1 fully saturated rings. The summed E-state index contributed by atoms with van der Waals surface area (Å²) in [4.78, 5) is 26.9. The Morgan fingerprint density at radius 1 is 1.32 bits per heavy atom. The first-order valence-electron chi connectivity index (χ1n) is 8.81. The van der Waals surface area contributed by atoms with Gasteiger partial charge in [0.25, 0.3) is 5.91 Å². The highest BCUT2D eigenvalue weighted by molar-refractivity contribution is 5.97. The number of carbonyl (C=O) groups excluding carboxylic acids is 2. The third-order valence-electron chi connectivity index (χ3n) is 4.48. The van der Waals surface area contributed by atoms with Crippen molar-refractivity contribution in [2.45, 2.75) is 52.6 Å². The van der Waals surface area contributed by atoms with Gasteiger partial charge in [0.15, 0.2) is 0 Å². The Hall–Kier alpha value is -2.08. The first-order chi connectivity index (χ1) is 11.6. The number of urea groups is 1. The molecule has 1 aliphatic heterocycles. The maximum atomic E-state index is 12.9. The number of benzene rings is 1. The van der Waals surface area contributed by atoms with Gasteiger partial charge in [-0.3, -0.25) is 4.79 Å². The Balaban J connectivity index is 2.15. The van der Waals surface area contributed by atoms with E-state index in [1.807, 2.05) is 44.7 Å². The molecule has 0 aromatic heterocycles. The molecule has 2 rings (SSSR count). The maximum Gasteiger partial charge on any atom is 0.319 e. The number of aryl methyl sites for hydroxylation is 1. The smallest absolute Gasteiger partial charge is 0.319 e. The monoisotopic (exact) mass is 346 g/mol. The lowest BCUT2D eigenvalue weighted by Crippen LogP contribution is -2.43. The number of nitrogens with two attached hydrogens (primary N) is 1. The molecule has 0 bridgehead atoms. The number of nitrogens with one attached hydrogen (secondary N) is 2. The summed E-state index contributed by atoms with van der Waals surface area (Å²) in [5.74, 6) is 0.349. The molecule has 0 saturated carbocycles. The van der Waals surface area contributed by atoms with E-state index < -0.39 is 0 Å². The summed E-state index contributed by atoms with van der Waals surface area (Å²) >= 11 is 0. The average Bonchev–Trinajstić information content (AvgIpc) is 2.88. The van der Waals surface area contributed by atoms with Crippen molar-refractivity contribution in [3.05, 3.63) is 29.3 Å². The van der Waals surface area contributed by atoms with Gasteiger partial charge in [0.1, 0.15) is 0 Å². The molecule has 25 heavy (non-hydrogen) atoms. The summed E-state index contributed by atoms with van der Waals surface area (Å²) < 4.78 is 0. The quantitative estimate of drug-likeness (QED) is 0.786. The zero-order valence-electron chi connectivity index (χ0n) is 15.8. The van der Waals surface area contributed by atoms with E-state index in [0.717, 1.165) is 12.0 Å². The number of anilines is 1. The van der Waals surface area contributed by atoms with Gasteiger partial charge >= 0.3 is 6.03 Å². The average molecular weight is 346 g/mol. The fourth-order valence-electron chi connectivity index (χ4n) is 3.15. The highest BCUT2D eigenvalue weighted by Crippen LogP contribution is 2.26. The van der Waals surface area contributed by atoms with Crippen LogP contribution in [0.3, 0.4) is 0 Å². The molecule has 1 saturated heterocycles. The summed E-state index contributed by atoms with van der Waals surface area (Å²) in [6, 6.07) is 5.33. The molecule has 2 atom stereocenters. The fraction of sp³-hybridized carbons (Fsp3) is 0.579. The second kappa shape index (κ2) is 7.44. The summed E-state index contributed by atoms with van der Waals surface area (Å²) in [7, 11) is 0. The second-order valence-corrected chi connectivity index (χ2v) is 8.00.